The van der Waals surface area contributed by atoms with Gasteiger partial charge >= 0.3 is 5.97 Å². The van der Waals surface area contributed by atoms with Crippen LogP contribution >= 0.6 is 0 Å². The Kier molecular flexibility index (Phi) is 5.23. The number of aryl methyl sites for hydroxylation is 1. The summed E-state index contributed by atoms with van der Waals surface area (Å²) < 4.78 is 10.5. The molecule has 0 fully saturated rings. The number of hydrogen-bond acceptors (Lipinski definition) is 4. The van der Waals surface area contributed by atoms with Gasteiger partial charge in [0, 0.05) is 5.54 Å². The summed E-state index contributed by atoms with van der Waals surface area (Å²) in [5.74, 6) is 0.752. The highest BCUT2D eigenvalue weighted by Crippen LogP contribution is 2.33. The summed E-state index contributed by atoms with van der Waals surface area (Å²) in [6.45, 7) is 5.21. The van der Waals surface area contributed by atoms with Crippen molar-refractivity contribution in [3.05, 3.63) is 29.3 Å². The van der Waals surface area contributed by atoms with E-state index >= 15 is 0 Å². The average Bonchev–Trinajstić information content (AvgIpc) is 2.46. The van der Waals surface area contributed by atoms with E-state index in [1.807, 2.05) is 13.0 Å². The quantitative estimate of drug-likeness (QED) is 0.818. The van der Waals surface area contributed by atoms with E-state index < -0.39 is 0 Å². The third-order valence-corrected chi connectivity index (χ3v) is 4.15. The zero-order chi connectivity index (χ0) is 15.3. The summed E-state index contributed by atoms with van der Waals surface area (Å²) in [5, 5.41) is 3.52. The second kappa shape index (κ2) is 6.94. The molecule has 0 amide bonds. The third kappa shape index (κ3) is 3.76. The summed E-state index contributed by atoms with van der Waals surface area (Å²) in [5.41, 5.74) is 2.43. The van der Waals surface area contributed by atoms with Crippen LogP contribution in [0.25, 0.3) is 0 Å². The third-order valence-electron chi connectivity index (χ3n) is 4.15. The maximum absolute atomic E-state index is 11.9. The molecule has 0 saturated heterocycles. The maximum atomic E-state index is 11.9. The maximum Gasteiger partial charge on any atom is 0.307 e. The molecule has 1 aromatic carbocycles. The monoisotopic (exact) mass is 291 g/mol. The van der Waals surface area contributed by atoms with Gasteiger partial charge in [0.1, 0.15) is 5.75 Å². The number of rotatable bonds is 6. The molecule has 0 aliphatic heterocycles. The van der Waals surface area contributed by atoms with Crippen molar-refractivity contribution in [1.82, 2.24) is 5.32 Å². The second-order valence-electron chi connectivity index (χ2n) is 5.60. The van der Waals surface area contributed by atoms with Crippen LogP contribution in [0.1, 0.15) is 37.8 Å². The Bertz CT molecular complexity index is 501. The molecule has 21 heavy (non-hydrogen) atoms. The SMILES string of the molecule is CCNC1(CC(=O)OCC)CCc2ccc(OC)cc2C1. The smallest absolute Gasteiger partial charge is 0.307 e. The minimum absolute atomic E-state index is 0.121. The lowest BCUT2D eigenvalue weighted by Crippen LogP contribution is -2.51. The molecule has 1 atom stereocenters. The molecule has 1 aliphatic carbocycles. The lowest BCUT2D eigenvalue weighted by Gasteiger charge is -2.38. The Morgan fingerprint density at radius 2 is 2.14 bits per heavy atom. The van der Waals surface area contributed by atoms with Crippen LogP contribution in [0.3, 0.4) is 0 Å². The second-order valence-corrected chi connectivity index (χ2v) is 5.60. The van der Waals surface area contributed by atoms with Crippen LogP contribution in [0, 0.1) is 0 Å². The van der Waals surface area contributed by atoms with Crippen molar-refractivity contribution in [2.45, 2.75) is 45.1 Å². The van der Waals surface area contributed by atoms with Gasteiger partial charge in [-0.2, -0.15) is 0 Å². The van der Waals surface area contributed by atoms with E-state index in [1.165, 1.54) is 11.1 Å². The van der Waals surface area contributed by atoms with E-state index in [4.69, 9.17) is 9.47 Å². The topological polar surface area (TPSA) is 47.6 Å². The number of hydrogen-bond donors (Lipinski definition) is 1. The zero-order valence-corrected chi connectivity index (χ0v) is 13.2. The van der Waals surface area contributed by atoms with Crippen molar-refractivity contribution in [3.8, 4) is 5.75 Å². The molecule has 0 spiro atoms. The molecule has 1 unspecified atom stereocenters. The number of benzene rings is 1. The van der Waals surface area contributed by atoms with Gasteiger partial charge in [0.25, 0.3) is 0 Å². The van der Waals surface area contributed by atoms with E-state index in [-0.39, 0.29) is 11.5 Å². The van der Waals surface area contributed by atoms with E-state index in [1.54, 1.807) is 7.11 Å². The molecule has 4 nitrogen and oxygen atoms in total. The predicted octanol–water partition coefficient (Wildman–Crippen LogP) is 2.49. The Balaban J connectivity index is 2.21. The Morgan fingerprint density at radius 3 is 2.81 bits per heavy atom. The number of likely N-dealkylation sites (N-methyl/N-ethyl adjacent to an activating group) is 1. The predicted molar refractivity (Wildman–Crippen MR) is 82.7 cm³/mol. The number of esters is 1. The molecule has 0 aromatic heterocycles. The fourth-order valence-electron chi connectivity index (χ4n) is 3.19. The average molecular weight is 291 g/mol. The van der Waals surface area contributed by atoms with Gasteiger partial charge in [0.05, 0.1) is 20.1 Å². The van der Waals surface area contributed by atoms with Gasteiger partial charge in [-0.3, -0.25) is 4.79 Å². The van der Waals surface area contributed by atoms with Crippen LogP contribution in [-0.2, 0) is 22.4 Å². The van der Waals surface area contributed by atoms with Gasteiger partial charge in [0.2, 0.25) is 0 Å². The van der Waals surface area contributed by atoms with Gasteiger partial charge in [-0.25, -0.2) is 0 Å². The first-order chi connectivity index (χ1) is 10.1. The van der Waals surface area contributed by atoms with Crippen molar-refractivity contribution >= 4 is 5.97 Å². The number of ether oxygens (including phenoxy) is 2. The summed E-state index contributed by atoms with van der Waals surface area (Å²) in [4.78, 5) is 11.9. The van der Waals surface area contributed by atoms with Crippen LogP contribution in [0.15, 0.2) is 18.2 Å². The lowest BCUT2D eigenvalue weighted by atomic mass is 9.76. The number of fused-ring (bicyclic) bond motifs is 1. The minimum atomic E-state index is -0.194. The van der Waals surface area contributed by atoms with Crippen molar-refractivity contribution in [3.63, 3.8) is 0 Å². The zero-order valence-electron chi connectivity index (χ0n) is 13.2. The van der Waals surface area contributed by atoms with E-state index in [0.717, 1.165) is 31.6 Å². The lowest BCUT2D eigenvalue weighted by molar-refractivity contribution is -0.145. The van der Waals surface area contributed by atoms with Crippen LogP contribution in [-0.4, -0.2) is 31.8 Å². The van der Waals surface area contributed by atoms with Crippen LogP contribution in [0.2, 0.25) is 0 Å². The highest BCUT2D eigenvalue weighted by atomic mass is 16.5. The molecule has 0 radical (unpaired) electrons. The van der Waals surface area contributed by atoms with Gasteiger partial charge in [0.15, 0.2) is 0 Å². The van der Waals surface area contributed by atoms with Crippen molar-refractivity contribution in [1.29, 1.82) is 0 Å². The van der Waals surface area contributed by atoms with Gasteiger partial charge in [-0.1, -0.05) is 13.0 Å². The van der Waals surface area contributed by atoms with Gasteiger partial charge in [-0.15, -0.1) is 0 Å². The Hall–Kier alpha value is -1.55. The van der Waals surface area contributed by atoms with E-state index in [2.05, 4.69) is 24.4 Å². The first-order valence-corrected chi connectivity index (χ1v) is 7.69. The largest absolute Gasteiger partial charge is 0.497 e. The molecular formula is C17H25NO3. The summed E-state index contributed by atoms with van der Waals surface area (Å²) >= 11 is 0. The molecule has 0 bridgehead atoms. The minimum Gasteiger partial charge on any atom is -0.497 e. The number of methoxy groups -OCH3 is 1. The molecule has 0 heterocycles. The molecular weight excluding hydrogens is 266 g/mol. The molecule has 2 rings (SSSR count). The Labute approximate surface area is 126 Å². The summed E-state index contributed by atoms with van der Waals surface area (Å²) in [7, 11) is 1.68. The van der Waals surface area contributed by atoms with E-state index in [0.29, 0.717) is 13.0 Å². The summed E-state index contributed by atoms with van der Waals surface area (Å²) in [6, 6.07) is 6.23. The first-order valence-electron chi connectivity index (χ1n) is 7.69. The fraction of sp³-hybridized carbons (Fsp3) is 0.588. The number of nitrogens with one attached hydrogen (secondary N) is 1. The normalized spacial score (nSPS) is 20.7. The molecule has 1 aromatic rings. The van der Waals surface area contributed by atoms with Crippen molar-refractivity contribution in [2.75, 3.05) is 20.3 Å². The standard InChI is InChI=1S/C17H25NO3/c1-4-18-17(12-16(19)21-5-2)9-8-13-6-7-15(20-3)10-14(13)11-17/h6-7,10,18H,4-5,8-9,11-12H2,1-3H3. The van der Waals surface area contributed by atoms with E-state index in [9.17, 15) is 4.79 Å². The fourth-order valence-corrected chi connectivity index (χ4v) is 3.19. The summed E-state index contributed by atoms with van der Waals surface area (Å²) in [6.07, 6.45) is 3.20. The highest BCUT2D eigenvalue weighted by molar-refractivity contribution is 5.71. The van der Waals surface area contributed by atoms with Gasteiger partial charge in [-0.05, 0) is 56.0 Å². The van der Waals surface area contributed by atoms with Crippen LogP contribution in [0.4, 0.5) is 0 Å². The van der Waals surface area contributed by atoms with Gasteiger partial charge < -0.3 is 14.8 Å². The number of carbonyl (C=O) groups excluding carboxylic acids is 1. The molecule has 1 aliphatic rings. The van der Waals surface area contributed by atoms with Crippen molar-refractivity contribution in [2.24, 2.45) is 0 Å². The highest BCUT2D eigenvalue weighted by Gasteiger charge is 2.36. The molecule has 116 valence electrons. The number of carbonyl (C=O) groups is 1. The molecule has 4 heteroatoms. The molecule has 0 saturated carbocycles. The van der Waals surface area contributed by atoms with Crippen LogP contribution in [0.5, 0.6) is 5.75 Å². The van der Waals surface area contributed by atoms with Crippen LogP contribution < -0.4 is 10.1 Å². The Morgan fingerprint density at radius 1 is 1.33 bits per heavy atom. The first kappa shape index (κ1) is 15.8. The molecule has 1 N–H and O–H groups in total. The van der Waals surface area contributed by atoms with Crippen molar-refractivity contribution < 1.29 is 14.3 Å².